The predicted molar refractivity (Wildman–Crippen MR) is 80.7 cm³/mol. The summed E-state index contributed by atoms with van der Waals surface area (Å²) in [6.07, 6.45) is 7.22. The van der Waals surface area contributed by atoms with Crippen LogP contribution in [0.25, 0.3) is 0 Å². The Kier molecular flexibility index (Phi) is 7.61. The van der Waals surface area contributed by atoms with E-state index in [-0.39, 0.29) is 0 Å². The van der Waals surface area contributed by atoms with Crippen LogP contribution in [0.2, 0.25) is 0 Å². The standard InChI is InChI=1S/C15H31NS/c1-5-13-6-8-14(9-7-13)15(16-4)11-17-10-12(2)3/h12-16H,5-11H2,1-4H3. The summed E-state index contributed by atoms with van der Waals surface area (Å²) < 4.78 is 0. The molecule has 1 N–H and O–H groups in total. The minimum absolute atomic E-state index is 0.747. The number of nitrogens with one attached hydrogen (secondary N) is 1. The number of rotatable bonds is 7. The molecule has 102 valence electrons. The van der Waals surface area contributed by atoms with Gasteiger partial charge in [-0.25, -0.2) is 0 Å². The fourth-order valence-electron chi connectivity index (χ4n) is 2.88. The Labute approximate surface area is 113 Å². The van der Waals surface area contributed by atoms with Gasteiger partial charge in [0.1, 0.15) is 0 Å². The highest BCUT2D eigenvalue weighted by Crippen LogP contribution is 2.33. The molecule has 1 saturated carbocycles. The summed E-state index contributed by atoms with van der Waals surface area (Å²) in [5.41, 5.74) is 0. The van der Waals surface area contributed by atoms with E-state index < -0.39 is 0 Å². The molecule has 0 saturated heterocycles. The summed E-state index contributed by atoms with van der Waals surface area (Å²) >= 11 is 2.13. The molecule has 1 aliphatic carbocycles. The van der Waals surface area contributed by atoms with Crippen LogP contribution < -0.4 is 5.32 Å². The van der Waals surface area contributed by atoms with Gasteiger partial charge in [0.25, 0.3) is 0 Å². The maximum Gasteiger partial charge on any atom is 0.0183 e. The molecular formula is C15H31NS. The van der Waals surface area contributed by atoms with Gasteiger partial charge >= 0.3 is 0 Å². The first kappa shape index (κ1) is 15.4. The molecule has 0 amide bonds. The molecule has 1 aliphatic rings. The average Bonchev–Trinajstić information content (AvgIpc) is 2.34. The van der Waals surface area contributed by atoms with Gasteiger partial charge in [-0.2, -0.15) is 11.8 Å². The molecule has 1 unspecified atom stereocenters. The van der Waals surface area contributed by atoms with Crippen LogP contribution in [0.15, 0.2) is 0 Å². The summed E-state index contributed by atoms with van der Waals surface area (Å²) in [6.45, 7) is 6.97. The highest BCUT2D eigenvalue weighted by Gasteiger charge is 2.25. The zero-order chi connectivity index (χ0) is 12.7. The van der Waals surface area contributed by atoms with Crippen molar-refractivity contribution in [2.75, 3.05) is 18.6 Å². The Morgan fingerprint density at radius 1 is 1.12 bits per heavy atom. The van der Waals surface area contributed by atoms with E-state index in [2.05, 4.69) is 44.9 Å². The average molecular weight is 257 g/mol. The van der Waals surface area contributed by atoms with Gasteiger partial charge in [0.15, 0.2) is 0 Å². The molecular weight excluding hydrogens is 226 g/mol. The van der Waals surface area contributed by atoms with E-state index in [1.54, 1.807) is 0 Å². The van der Waals surface area contributed by atoms with Crippen molar-refractivity contribution in [3.05, 3.63) is 0 Å². The van der Waals surface area contributed by atoms with E-state index in [4.69, 9.17) is 0 Å². The van der Waals surface area contributed by atoms with Crippen molar-refractivity contribution >= 4 is 11.8 Å². The summed E-state index contributed by atoms with van der Waals surface area (Å²) in [5.74, 6) is 5.39. The first-order valence-corrected chi connectivity index (χ1v) is 8.57. The van der Waals surface area contributed by atoms with Gasteiger partial charge in [-0.05, 0) is 43.4 Å². The Morgan fingerprint density at radius 2 is 1.76 bits per heavy atom. The lowest BCUT2D eigenvalue weighted by atomic mass is 9.78. The normalized spacial score (nSPS) is 27.4. The fraction of sp³-hybridized carbons (Fsp3) is 1.00. The van der Waals surface area contributed by atoms with Gasteiger partial charge in [0, 0.05) is 11.8 Å². The summed E-state index contributed by atoms with van der Waals surface area (Å²) in [5, 5.41) is 3.56. The van der Waals surface area contributed by atoms with Crippen LogP contribution in [0.4, 0.5) is 0 Å². The smallest absolute Gasteiger partial charge is 0.0183 e. The number of thioether (sulfide) groups is 1. The van der Waals surface area contributed by atoms with Crippen molar-refractivity contribution in [3.63, 3.8) is 0 Å². The van der Waals surface area contributed by atoms with Gasteiger partial charge < -0.3 is 5.32 Å². The molecule has 1 nitrogen and oxygen atoms in total. The van der Waals surface area contributed by atoms with Crippen molar-refractivity contribution in [2.24, 2.45) is 17.8 Å². The lowest BCUT2D eigenvalue weighted by Gasteiger charge is -2.33. The Morgan fingerprint density at radius 3 is 2.24 bits per heavy atom. The highest BCUT2D eigenvalue weighted by molar-refractivity contribution is 7.99. The maximum absolute atomic E-state index is 3.56. The van der Waals surface area contributed by atoms with Crippen LogP contribution in [0, 0.1) is 17.8 Å². The van der Waals surface area contributed by atoms with E-state index in [0.717, 1.165) is 23.8 Å². The molecule has 1 fully saturated rings. The van der Waals surface area contributed by atoms with E-state index >= 15 is 0 Å². The van der Waals surface area contributed by atoms with Crippen molar-refractivity contribution in [2.45, 2.75) is 58.9 Å². The largest absolute Gasteiger partial charge is 0.316 e. The molecule has 17 heavy (non-hydrogen) atoms. The number of hydrogen-bond donors (Lipinski definition) is 1. The summed E-state index contributed by atoms with van der Waals surface area (Å²) in [7, 11) is 2.15. The zero-order valence-electron chi connectivity index (χ0n) is 12.2. The molecule has 0 aromatic heterocycles. The SMILES string of the molecule is CCC1CCC(C(CSCC(C)C)NC)CC1. The predicted octanol–water partition coefficient (Wildman–Crippen LogP) is 4.18. The second-order valence-corrected chi connectivity index (χ2v) is 7.09. The molecule has 0 aliphatic heterocycles. The van der Waals surface area contributed by atoms with Crippen LogP contribution >= 0.6 is 11.8 Å². The highest BCUT2D eigenvalue weighted by atomic mass is 32.2. The van der Waals surface area contributed by atoms with Gasteiger partial charge in [-0.3, -0.25) is 0 Å². The minimum atomic E-state index is 0.747. The third kappa shape index (κ3) is 5.65. The summed E-state index contributed by atoms with van der Waals surface area (Å²) in [6, 6.07) is 0.747. The van der Waals surface area contributed by atoms with Crippen molar-refractivity contribution < 1.29 is 0 Å². The Bertz CT molecular complexity index is 185. The molecule has 1 atom stereocenters. The summed E-state index contributed by atoms with van der Waals surface area (Å²) in [4.78, 5) is 0. The van der Waals surface area contributed by atoms with Crippen molar-refractivity contribution in [1.82, 2.24) is 5.32 Å². The van der Waals surface area contributed by atoms with Gasteiger partial charge in [-0.1, -0.05) is 40.0 Å². The van der Waals surface area contributed by atoms with Crippen LogP contribution in [-0.2, 0) is 0 Å². The second kappa shape index (κ2) is 8.42. The molecule has 0 aromatic rings. The first-order valence-electron chi connectivity index (χ1n) is 7.42. The van der Waals surface area contributed by atoms with Gasteiger partial charge in [-0.15, -0.1) is 0 Å². The van der Waals surface area contributed by atoms with Gasteiger partial charge in [0.05, 0.1) is 0 Å². The lowest BCUT2D eigenvalue weighted by molar-refractivity contribution is 0.233. The number of hydrogen-bond acceptors (Lipinski definition) is 2. The molecule has 0 radical (unpaired) electrons. The Hall–Kier alpha value is 0.310. The van der Waals surface area contributed by atoms with E-state index in [1.165, 1.54) is 43.6 Å². The lowest BCUT2D eigenvalue weighted by Crippen LogP contribution is -2.38. The second-order valence-electron chi connectivity index (χ2n) is 6.02. The third-order valence-electron chi connectivity index (χ3n) is 4.16. The van der Waals surface area contributed by atoms with Crippen LogP contribution in [0.3, 0.4) is 0 Å². The van der Waals surface area contributed by atoms with E-state index in [1.807, 2.05) is 0 Å². The van der Waals surface area contributed by atoms with Crippen molar-refractivity contribution in [1.29, 1.82) is 0 Å². The monoisotopic (exact) mass is 257 g/mol. The molecule has 2 heteroatoms. The van der Waals surface area contributed by atoms with E-state index in [0.29, 0.717) is 0 Å². The quantitative estimate of drug-likeness (QED) is 0.734. The molecule has 0 heterocycles. The third-order valence-corrected chi connectivity index (χ3v) is 5.65. The molecule has 1 rings (SSSR count). The minimum Gasteiger partial charge on any atom is -0.316 e. The van der Waals surface area contributed by atoms with Crippen LogP contribution in [0.5, 0.6) is 0 Å². The molecule has 0 bridgehead atoms. The zero-order valence-corrected chi connectivity index (χ0v) is 13.0. The molecule has 0 aromatic carbocycles. The Balaban J connectivity index is 2.25. The molecule has 0 spiro atoms. The fourth-order valence-corrected chi connectivity index (χ4v) is 4.18. The van der Waals surface area contributed by atoms with Gasteiger partial charge in [0.2, 0.25) is 0 Å². The topological polar surface area (TPSA) is 12.0 Å². The first-order chi connectivity index (χ1) is 8.17. The van der Waals surface area contributed by atoms with E-state index in [9.17, 15) is 0 Å². The van der Waals surface area contributed by atoms with Crippen LogP contribution in [0.1, 0.15) is 52.9 Å². The van der Waals surface area contributed by atoms with Crippen LogP contribution in [-0.4, -0.2) is 24.6 Å². The maximum atomic E-state index is 3.56. The van der Waals surface area contributed by atoms with Crippen molar-refractivity contribution in [3.8, 4) is 0 Å².